The highest BCUT2D eigenvalue weighted by molar-refractivity contribution is 5.86. The van der Waals surface area contributed by atoms with Crippen molar-refractivity contribution in [2.24, 2.45) is 5.92 Å². The Morgan fingerprint density at radius 2 is 1.85 bits per heavy atom. The Morgan fingerprint density at radius 3 is 2.40 bits per heavy atom. The van der Waals surface area contributed by atoms with Gasteiger partial charge in [-0.3, -0.25) is 4.79 Å². The first-order valence-corrected chi connectivity index (χ1v) is 7.43. The molecule has 1 saturated heterocycles. The number of hydrogen-bond acceptors (Lipinski definition) is 2. The van der Waals surface area contributed by atoms with E-state index in [0.29, 0.717) is 25.1 Å². The van der Waals surface area contributed by atoms with Crippen molar-refractivity contribution in [2.75, 3.05) is 13.1 Å². The van der Waals surface area contributed by atoms with Crippen LogP contribution in [-0.2, 0) is 10.4 Å². The van der Waals surface area contributed by atoms with Gasteiger partial charge in [0.05, 0.1) is 0 Å². The molecule has 0 saturated carbocycles. The van der Waals surface area contributed by atoms with Gasteiger partial charge < -0.3 is 10.0 Å². The summed E-state index contributed by atoms with van der Waals surface area (Å²) < 4.78 is 0. The van der Waals surface area contributed by atoms with Gasteiger partial charge in [0.1, 0.15) is 0 Å². The molecular weight excluding hydrogens is 250 g/mol. The molecule has 1 aliphatic rings. The van der Waals surface area contributed by atoms with Crippen molar-refractivity contribution in [3.05, 3.63) is 42.3 Å². The second-order valence-corrected chi connectivity index (χ2v) is 5.98. The van der Waals surface area contributed by atoms with Crippen LogP contribution in [0.5, 0.6) is 0 Å². The van der Waals surface area contributed by atoms with Crippen molar-refractivity contribution >= 4 is 5.91 Å². The fourth-order valence-electron chi connectivity index (χ4n) is 2.85. The number of carbonyl (C=O) groups excluding carboxylic acids is 1. The molecule has 1 atom stereocenters. The van der Waals surface area contributed by atoms with E-state index >= 15 is 0 Å². The zero-order chi connectivity index (χ0) is 14.6. The van der Waals surface area contributed by atoms with Crippen molar-refractivity contribution in [3.8, 4) is 0 Å². The third kappa shape index (κ3) is 3.21. The Hall–Kier alpha value is -1.35. The van der Waals surface area contributed by atoms with Gasteiger partial charge in [0.15, 0.2) is 5.60 Å². The third-order valence-corrected chi connectivity index (χ3v) is 3.80. The average molecular weight is 274 g/mol. The summed E-state index contributed by atoms with van der Waals surface area (Å²) in [5.74, 6) is 0.103. The summed E-state index contributed by atoms with van der Waals surface area (Å²) in [6, 6.07) is 9.34. The standard InChI is InChI=1S/C17H24NO2/c1-14(2)13-17(20,15-9-5-3-6-10-15)16(19)18-11-7-4-8-12-18/h3-6,9-10,14,20H,7-8,11-13H2,1-2H3. The average Bonchev–Trinajstić information content (AvgIpc) is 2.47. The van der Waals surface area contributed by atoms with Crippen LogP contribution in [0.3, 0.4) is 0 Å². The lowest BCUT2D eigenvalue weighted by Gasteiger charge is -2.36. The van der Waals surface area contributed by atoms with E-state index in [2.05, 4.69) is 6.42 Å². The van der Waals surface area contributed by atoms with Crippen LogP contribution in [0.15, 0.2) is 30.3 Å². The Balaban J connectivity index is 2.28. The van der Waals surface area contributed by atoms with Crippen molar-refractivity contribution in [3.63, 3.8) is 0 Å². The highest BCUT2D eigenvalue weighted by Gasteiger charge is 2.41. The molecule has 1 radical (unpaired) electrons. The summed E-state index contributed by atoms with van der Waals surface area (Å²) in [4.78, 5) is 14.6. The van der Waals surface area contributed by atoms with E-state index in [-0.39, 0.29) is 11.8 Å². The zero-order valence-electron chi connectivity index (χ0n) is 12.4. The monoisotopic (exact) mass is 274 g/mol. The summed E-state index contributed by atoms with van der Waals surface area (Å²) in [5, 5.41) is 11.1. The van der Waals surface area contributed by atoms with Crippen LogP contribution >= 0.6 is 0 Å². The molecule has 109 valence electrons. The minimum absolute atomic E-state index is 0.148. The Bertz CT molecular complexity index is 438. The lowest BCUT2D eigenvalue weighted by molar-refractivity contribution is -0.155. The predicted molar refractivity (Wildman–Crippen MR) is 79.9 cm³/mol. The molecule has 1 unspecified atom stereocenters. The van der Waals surface area contributed by atoms with E-state index in [0.717, 1.165) is 12.8 Å². The second-order valence-electron chi connectivity index (χ2n) is 5.98. The molecule has 3 nitrogen and oxygen atoms in total. The molecule has 1 aliphatic heterocycles. The minimum Gasteiger partial charge on any atom is -0.375 e. The molecule has 1 heterocycles. The van der Waals surface area contributed by atoms with Gasteiger partial charge in [0.25, 0.3) is 5.91 Å². The van der Waals surface area contributed by atoms with Gasteiger partial charge in [0, 0.05) is 13.1 Å². The van der Waals surface area contributed by atoms with Gasteiger partial charge in [-0.15, -0.1) is 0 Å². The van der Waals surface area contributed by atoms with E-state index in [1.165, 1.54) is 0 Å². The van der Waals surface area contributed by atoms with Crippen LogP contribution in [0, 0.1) is 12.3 Å². The van der Waals surface area contributed by atoms with Crippen LogP contribution in [-0.4, -0.2) is 29.0 Å². The molecule has 1 aromatic rings. The number of likely N-dealkylation sites (tertiary alicyclic amines) is 1. The minimum atomic E-state index is -1.40. The van der Waals surface area contributed by atoms with E-state index in [1.807, 2.05) is 44.2 Å². The molecule has 1 amide bonds. The van der Waals surface area contributed by atoms with Crippen molar-refractivity contribution < 1.29 is 9.90 Å². The van der Waals surface area contributed by atoms with Crippen LogP contribution in [0.4, 0.5) is 0 Å². The molecule has 1 N–H and O–H groups in total. The second kappa shape index (κ2) is 6.40. The molecule has 20 heavy (non-hydrogen) atoms. The van der Waals surface area contributed by atoms with Crippen LogP contribution < -0.4 is 0 Å². The van der Waals surface area contributed by atoms with Gasteiger partial charge in [-0.2, -0.15) is 0 Å². The fourth-order valence-corrected chi connectivity index (χ4v) is 2.85. The summed E-state index contributed by atoms with van der Waals surface area (Å²) in [7, 11) is 0. The third-order valence-electron chi connectivity index (χ3n) is 3.80. The van der Waals surface area contributed by atoms with Crippen LogP contribution in [0.2, 0.25) is 0 Å². The van der Waals surface area contributed by atoms with Gasteiger partial charge in [0.2, 0.25) is 0 Å². The topological polar surface area (TPSA) is 40.5 Å². The van der Waals surface area contributed by atoms with E-state index in [9.17, 15) is 9.90 Å². The molecule has 1 fully saturated rings. The van der Waals surface area contributed by atoms with Crippen LogP contribution in [0.25, 0.3) is 0 Å². The first kappa shape index (κ1) is 15.0. The van der Waals surface area contributed by atoms with Gasteiger partial charge in [-0.1, -0.05) is 44.2 Å². The fraction of sp³-hybridized carbons (Fsp3) is 0.529. The summed E-state index contributed by atoms with van der Waals surface area (Å²) in [6.07, 6.45) is 4.49. The lowest BCUT2D eigenvalue weighted by atomic mass is 9.84. The summed E-state index contributed by atoms with van der Waals surface area (Å²) in [6.45, 7) is 5.49. The quantitative estimate of drug-likeness (QED) is 0.917. The number of aliphatic hydroxyl groups is 1. The lowest BCUT2D eigenvalue weighted by Crippen LogP contribution is -2.49. The predicted octanol–water partition coefficient (Wildman–Crippen LogP) is 2.75. The molecule has 0 bridgehead atoms. The largest absolute Gasteiger partial charge is 0.375 e. The van der Waals surface area contributed by atoms with Crippen molar-refractivity contribution in [1.82, 2.24) is 4.90 Å². The van der Waals surface area contributed by atoms with Gasteiger partial charge >= 0.3 is 0 Å². The maximum atomic E-state index is 12.8. The normalized spacial score (nSPS) is 18.9. The Morgan fingerprint density at radius 1 is 1.25 bits per heavy atom. The highest BCUT2D eigenvalue weighted by Crippen LogP contribution is 2.31. The number of nitrogens with zero attached hydrogens (tertiary/aromatic N) is 1. The number of benzene rings is 1. The zero-order valence-corrected chi connectivity index (χ0v) is 12.4. The Labute approximate surface area is 121 Å². The number of piperidine rings is 1. The summed E-state index contributed by atoms with van der Waals surface area (Å²) in [5.41, 5.74) is -0.694. The first-order chi connectivity index (χ1) is 9.54. The number of hydrogen-bond donors (Lipinski definition) is 1. The van der Waals surface area contributed by atoms with E-state index < -0.39 is 5.60 Å². The maximum Gasteiger partial charge on any atom is 0.259 e. The van der Waals surface area contributed by atoms with E-state index in [4.69, 9.17) is 0 Å². The number of rotatable bonds is 4. The van der Waals surface area contributed by atoms with Gasteiger partial charge in [-0.05, 0) is 37.2 Å². The van der Waals surface area contributed by atoms with Crippen molar-refractivity contribution in [1.29, 1.82) is 0 Å². The van der Waals surface area contributed by atoms with Crippen LogP contribution in [0.1, 0.15) is 38.7 Å². The SMILES string of the molecule is CC(C)CC(O)(C(=O)N1CC[CH]CC1)c1ccccc1. The molecule has 3 heteroatoms. The molecule has 2 rings (SSSR count). The highest BCUT2D eigenvalue weighted by atomic mass is 16.3. The van der Waals surface area contributed by atoms with Crippen molar-refractivity contribution in [2.45, 2.75) is 38.7 Å². The summed E-state index contributed by atoms with van der Waals surface area (Å²) >= 11 is 0. The Kier molecular flexibility index (Phi) is 4.81. The molecule has 0 aromatic heterocycles. The van der Waals surface area contributed by atoms with E-state index in [1.54, 1.807) is 4.90 Å². The van der Waals surface area contributed by atoms with Gasteiger partial charge in [-0.25, -0.2) is 0 Å². The number of carbonyl (C=O) groups is 1. The maximum absolute atomic E-state index is 12.8. The molecule has 0 spiro atoms. The molecule has 0 aliphatic carbocycles. The smallest absolute Gasteiger partial charge is 0.259 e. The number of amides is 1. The molecular formula is C17H24NO2. The first-order valence-electron chi connectivity index (χ1n) is 7.43. The molecule has 1 aromatic carbocycles.